The summed E-state index contributed by atoms with van der Waals surface area (Å²) in [6.45, 7) is 1.00. The molecule has 1 unspecified atom stereocenters. The number of carbonyl (C=O) groups excluding carboxylic acids is 1. The van der Waals surface area contributed by atoms with E-state index in [0.29, 0.717) is 13.1 Å². The van der Waals surface area contributed by atoms with Crippen molar-refractivity contribution in [1.82, 2.24) is 14.9 Å². The minimum absolute atomic E-state index is 0.00264. The summed E-state index contributed by atoms with van der Waals surface area (Å²) in [5.41, 5.74) is 4.40. The van der Waals surface area contributed by atoms with Gasteiger partial charge in [0, 0.05) is 25.2 Å². The van der Waals surface area contributed by atoms with Gasteiger partial charge in [-0.1, -0.05) is 0 Å². The Kier molecular flexibility index (Phi) is 2.61. The molecule has 1 saturated heterocycles. The maximum Gasteiger partial charge on any atom is 0.326 e. The molecule has 2 rings (SSSR count). The van der Waals surface area contributed by atoms with Gasteiger partial charge in [-0.15, -0.1) is 0 Å². The second-order valence-electron chi connectivity index (χ2n) is 3.80. The van der Waals surface area contributed by atoms with E-state index in [2.05, 4.69) is 4.98 Å². The van der Waals surface area contributed by atoms with Crippen molar-refractivity contribution < 1.29 is 4.79 Å². The molecule has 2 heterocycles. The summed E-state index contributed by atoms with van der Waals surface area (Å²) in [4.78, 5) is 39.7. The van der Waals surface area contributed by atoms with Crippen LogP contribution in [0.25, 0.3) is 0 Å². The Hall–Kier alpha value is -1.89. The summed E-state index contributed by atoms with van der Waals surface area (Å²) in [6, 6.07) is 1.05. The van der Waals surface area contributed by atoms with Gasteiger partial charge in [-0.2, -0.15) is 0 Å². The number of H-pyrrole nitrogens is 2. The fourth-order valence-electron chi connectivity index (χ4n) is 1.73. The molecule has 7 heteroatoms. The fraction of sp³-hybridized carbons (Fsp3) is 0.444. The molecule has 16 heavy (non-hydrogen) atoms. The highest BCUT2D eigenvalue weighted by Gasteiger charge is 2.25. The molecule has 1 atom stereocenters. The van der Waals surface area contributed by atoms with E-state index in [0.717, 1.165) is 12.5 Å². The molecular formula is C9H12N4O3. The van der Waals surface area contributed by atoms with Crippen LogP contribution in [0.15, 0.2) is 15.7 Å². The number of nitrogens with two attached hydrogens (primary N) is 1. The molecule has 0 radical (unpaired) electrons. The quantitative estimate of drug-likeness (QED) is 0.524. The predicted molar refractivity (Wildman–Crippen MR) is 56.2 cm³/mol. The van der Waals surface area contributed by atoms with E-state index in [-0.39, 0.29) is 17.6 Å². The Morgan fingerprint density at radius 2 is 2.19 bits per heavy atom. The highest BCUT2D eigenvalue weighted by atomic mass is 16.2. The lowest BCUT2D eigenvalue weighted by Gasteiger charge is -2.14. The first-order valence-corrected chi connectivity index (χ1v) is 4.95. The zero-order chi connectivity index (χ0) is 11.7. The van der Waals surface area contributed by atoms with Crippen molar-refractivity contribution in [2.45, 2.75) is 12.5 Å². The standard InChI is InChI=1S/C9H12N4O3/c10-5-1-2-13(4-5)8(15)6-3-7(14)12-9(16)11-6/h3,5H,1-2,4,10H2,(H2,11,12,14,16). The molecule has 86 valence electrons. The number of likely N-dealkylation sites (tertiary alicyclic amines) is 1. The number of nitrogens with zero attached hydrogens (tertiary/aromatic N) is 1. The van der Waals surface area contributed by atoms with E-state index in [1.54, 1.807) is 0 Å². The average molecular weight is 224 g/mol. The fourth-order valence-corrected chi connectivity index (χ4v) is 1.73. The number of hydrogen-bond donors (Lipinski definition) is 3. The van der Waals surface area contributed by atoms with Gasteiger partial charge < -0.3 is 15.6 Å². The van der Waals surface area contributed by atoms with E-state index in [4.69, 9.17) is 5.73 Å². The number of carbonyl (C=O) groups is 1. The van der Waals surface area contributed by atoms with Crippen molar-refractivity contribution in [2.24, 2.45) is 5.73 Å². The summed E-state index contributed by atoms with van der Waals surface area (Å²) >= 11 is 0. The molecule has 1 aromatic heterocycles. The lowest BCUT2D eigenvalue weighted by molar-refractivity contribution is 0.0784. The summed E-state index contributed by atoms with van der Waals surface area (Å²) < 4.78 is 0. The molecule has 0 aliphatic carbocycles. The first-order chi connectivity index (χ1) is 7.56. The summed E-state index contributed by atoms with van der Waals surface area (Å²) in [5, 5.41) is 0. The first-order valence-electron chi connectivity index (χ1n) is 4.95. The molecule has 1 fully saturated rings. The molecule has 1 aromatic rings. The molecule has 1 amide bonds. The summed E-state index contributed by atoms with van der Waals surface area (Å²) in [7, 11) is 0. The van der Waals surface area contributed by atoms with Crippen molar-refractivity contribution in [3.63, 3.8) is 0 Å². The largest absolute Gasteiger partial charge is 0.336 e. The number of aromatic nitrogens is 2. The van der Waals surface area contributed by atoms with Crippen molar-refractivity contribution in [3.8, 4) is 0 Å². The highest BCUT2D eigenvalue weighted by molar-refractivity contribution is 5.92. The molecule has 7 nitrogen and oxygen atoms in total. The van der Waals surface area contributed by atoms with Crippen molar-refractivity contribution in [1.29, 1.82) is 0 Å². The minimum atomic E-state index is -0.681. The molecule has 0 aromatic carbocycles. The third kappa shape index (κ3) is 2.03. The van der Waals surface area contributed by atoms with Gasteiger partial charge in [-0.25, -0.2) is 4.79 Å². The Bertz CT molecular complexity index is 490. The van der Waals surface area contributed by atoms with Crippen LogP contribution in [-0.2, 0) is 0 Å². The van der Waals surface area contributed by atoms with Gasteiger partial charge in [-0.3, -0.25) is 14.6 Å². The van der Waals surface area contributed by atoms with Crippen molar-refractivity contribution in [2.75, 3.05) is 13.1 Å². The van der Waals surface area contributed by atoms with E-state index < -0.39 is 11.2 Å². The van der Waals surface area contributed by atoms with E-state index in [1.807, 2.05) is 4.98 Å². The van der Waals surface area contributed by atoms with E-state index in [1.165, 1.54) is 4.90 Å². The highest BCUT2D eigenvalue weighted by Crippen LogP contribution is 2.09. The topological polar surface area (TPSA) is 112 Å². The molecule has 1 aliphatic rings. The number of nitrogens with one attached hydrogen (secondary N) is 2. The van der Waals surface area contributed by atoms with Crippen LogP contribution < -0.4 is 17.0 Å². The zero-order valence-electron chi connectivity index (χ0n) is 8.53. The van der Waals surface area contributed by atoms with Crippen LogP contribution in [0, 0.1) is 0 Å². The third-order valence-corrected chi connectivity index (χ3v) is 2.50. The zero-order valence-corrected chi connectivity index (χ0v) is 8.53. The SMILES string of the molecule is NC1CCN(C(=O)c2cc(=O)[nH]c(=O)[nH]2)C1. The van der Waals surface area contributed by atoms with E-state index >= 15 is 0 Å². The minimum Gasteiger partial charge on any atom is -0.336 e. The van der Waals surface area contributed by atoms with Crippen molar-refractivity contribution >= 4 is 5.91 Å². The van der Waals surface area contributed by atoms with Crippen LogP contribution in [0.2, 0.25) is 0 Å². The summed E-state index contributed by atoms with van der Waals surface area (Å²) in [6.07, 6.45) is 0.735. The average Bonchev–Trinajstić information content (AvgIpc) is 2.62. The third-order valence-electron chi connectivity index (χ3n) is 2.50. The van der Waals surface area contributed by atoms with Crippen LogP contribution in [0.5, 0.6) is 0 Å². The molecule has 4 N–H and O–H groups in total. The van der Waals surface area contributed by atoms with Gasteiger partial charge >= 0.3 is 5.69 Å². The van der Waals surface area contributed by atoms with Crippen LogP contribution in [-0.4, -0.2) is 39.9 Å². The second-order valence-corrected chi connectivity index (χ2v) is 3.80. The van der Waals surface area contributed by atoms with Gasteiger partial charge in [0.2, 0.25) is 0 Å². The Morgan fingerprint density at radius 3 is 2.75 bits per heavy atom. The lowest BCUT2D eigenvalue weighted by atomic mass is 10.3. The van der Waals surface area contributed by atoms with Crippen molar-refractivity contribution in [3.05, 3.63) is 32.6 Å². The number of aromatic amines is 2. The van der Waals surface area contributed by atoms with Gasteiger partial charge in [0.15, 0.2) is 0 Å². The number of amides is 1. The molecule has 1 aliphatic heterocycles. The normalized spacial score (nSPS) is 20.1. The maximum absolute atomic E-state index is 11.8. The summed E-state index contributed by atoms with van der Waals surface area (Å²) in [5.74, 6) is -0.365. The smallest absolute Gasteiger partial charge is 0.326 e. The van der Waals surface area contributed by atoms with Crippen LogP contribution in [0.1, 0.15) is 16.9 Å². The Morgan fingerprint density at radius 1 is 1.44 bits per heavy atom. The molecule has 0 spiro atoms. The monoisotopic (exact) mass is 224 g/mol. The lowest BCUT2D eigenvalue weighted by Crippen LogP contribution is -2.35. The maximum atomic E-state index is 11.8. The van der Waals surface area contributed by atoms with Gasteiger partial charge in [0.1, 0.15) is 5.69 Å². The second kappa shape index (κ2) is 3.93. The Labute approximate surface area is 90.3 Å². The van der Waals surface area contributed by atoms with Gasteiger partial charge in [0.05, 0.1) is 0 Å². The van der Waals surface area contributed by atoms with Gasteiger partial charge in [0.25, 0.3) is 11.5 Å². The molecule has 0 saturated carbocycles. The van der Waals surface area contributed by atoms with Crippen LogP contribution in [0.3, 0.4) is 0 Å². The number of hydrogen-bond acceptors (Lipinski definition) is 4. The molecular weight excluding hydrogens is 212 g/mol. The predicted octanol–water partition coefficient (Wildman–Crippen LogP) is -1.76. The first kappa shape index (κ1) is 10.6. The van der Waals surface area contributed by atoms with Gasteiger partial charge in [-0.05, 0) is 6.42 Å². The van der Waals surface area contributed by atoms with Crippen LogP contribution in [0.4, 0.5) is 0 Å². The Balaban J connectivity index is 2.27. The van der Waals surface area contributed by atoms with E-state index in [9.17, 15) is 14.4 Å². The number of rotatable bonds is 1. The van der Waals surface area contributed by atoms with Crippen LogP contribution >= 0.6 is 0 Å². The molecule has 0 bridgehead atoms.